The Morgan fingerprint density at radius 1 is 1.83 bits per heavy atom. The Kier molecular flexibility index (Phi) is 2.77. The highest BCUT2D eigenvalue weighted by Gasteiger charge is 1.73. The molecule has 0 aliphatic rings. The molecule has 0 bridgehead atoms. The minimum atomic E-state index is 0.691. The molecule has 0 atom stereocenters. The van der Waals surface area contributed by atoms with Crippen molar-refractivity contribution in [1.82, 2.24) is 0 Å². The van der Waals surface area contributed by atoms with Crippen LogP contribution in [-0.2, 0) is 0 Å². The highest BCUT2D eigenvalue weighted by Crippen LogP contribution is 1.82. The van der Waals surface area contributed by atoms with Gasteiger partial charge in [-0.1, -0.05) is 11.6 Å². The van der Waals surface area contributed by atoms with Crippen LogP contribution in [0.2, 0.25) is 0 Å². The molecule has 0 spiro atoms. The van der Waals surface area contributed by atoms with Gasteiger partial charge in [-0.3, -0.25) is 0 Å². The van der Waals surface area contributed by atoms with Crippen molar-refractivity contribution in [2.24, 2.45) is 5.73 Å². The zero-order chi connectivity index (χ0) is 4.99. The summed E-state index contributed by atoms with van der Waals surface area (Å²) in [4.78, 5) is 0. The van der Waals surface area contributed by atoms with Gasteiger partial charge in [-0.15, -0.1) is 0 Å². The van der Waals surface area contributed by atoms with Crippen molar-refractivity contribution in [3.05, 3.63) is 11.6 Å². The fraction of sp³-hybridized carbons (Fsp3) is 0.600. The Morgan fingerprint density at radius 2 is 2.33 bits per heavy atom. The highest BCUT2D eigenvalue weighted by molar-refractivity contribution is 4.95. The van der Waals surface area contributed by atoms with Crippen LogP contribution >= 0.6 is 0 Å². The molecule has 36 valence electrons. The van der Waals surface area contributed by atoms with Gasteiger partial charge in [-0.05, 0) is 13.8 Å². The third kappa shape index (κ3) is 1.97. The van der Waals surface area contributed by atoms with Gasteiger partial charge < -0.3 is 5.73 Å². The van der Waals surface area contributed by atoms with Crippen molar-refractivity contribution in [3.8, 4) is 0 Å². The SMILES string of the molecule is CC=C(C)CN. The van der Waals surface area contributed by atoms with E-state index in [-0.39, 0.29) is 0 Å². The number of allylic oxidation sites excluding steroid dienone is 1. The van der Waals surface area contributed by atoms with Crippen molar-refractivity contribution in [3.63, 3.8) is 0 Å². The minimum absolute atomic E-state index is 0.691. The maximum absolute atomic E-state index is 5.21. The van der Waals surface area contributed by atoms with Crippen LogP contribution in [0.3, 0.4) is 0 Å². The van der Waals surface area contributed by atoms with Gasteiger partial charge in [0.1, 0.15) is 0 Å². The topological polar surface area (TPSA) is 26.0 Å². The van der Waals surface area contributed by atoms with E-state index < -0.39 is 0 Å². The van der Waals surface area contributed by atoms with E-state index in [1.165, 1.54) is 5.57 Å². The van der Waals surface area contributed by atoms with Gasteiger partial charge >= 0.3 is 0 Å². The van der Waals surface area contributed by atoms with Crippen LogP contribution < -0.4 is 5.73 Å². The van der Waals surface area contributed by atoms with Crippen molar-refractivity contribution >= 4 is 0 Å². The molecule has 0 aliphatic carbocycles. The van der Waals surface area contributed by atoms with Crippen molar-refractivity contribution in [2.45, 2.75) is 13.8 Å². The number of nitrogens with two attached hydrogens (primary N) is 1. The summed E-state index contributed by atoms with van der Waals surface area (Å²) in [5.74, 6) is 0. The summed E-state index contributed by atoms with van der Waals surface area (Å²) in [6.45, 7) is 4.69. The van der Waals surface area contributed by atoms with Crippen LogP contribution in [0.15, 0.2) is 11.6 Å². The first kappa shape index (κ1) is 5.70. The van der Waals surface area contributed by atoms with Crippen molar-refractivity contribution in [2.75, 3.05) is 6.54 Å². The van der Waals surface area contributed by atoms with E-state index in [1.54, 1.807) is 0 Å². The second kappa shape index (κ2) is 2.91. The first-order valence-electron chi connectivity index (χ1n) is 2.13. The summed E-state index contributed by atoms with van der Waals surface area (Å²) in [7, 11) is 0. The average Bonchev–Trinajstić information content (AvgIpc) is 1.65. The highest BCUT2D eigenvalue weighted by atomic mass is 14.5. The molecule has 0 aromatic heterocycles. The van der Waals surface area contributed by atoms with E-state index in [0.717, 1.165) is 0 Å². The number of hydrogen-bond donors (Lipinski definition) is 1. The van der Waals surface area contributed by atoms with Crippen LogP contribution in [0.4, 0.5) is 0 Å². The van der Waals surface area contributed by atoms with Crippen LogP contribution in [-0.4, -0.2) is 6.54 Å². The molecule has 6 heavy (non-hydrogen) atoms. The van der Waals surface area contributed by atoms with Gasteiger partial charge in [0.15, 0.2) is 0 Å². The van der Waals surface area contributed by atoms with Gasteiger partial charge in [-0.25, -0.2) is 0 Å². The molecule has 0 heterocycles. The van der Waals surface area contributed by atoms with Crippen molar-refractivity contribution < 1.29 is 0 Å². The maximum Gasteiger partial charge on any atom is 0.0133 e. The molecular formula is C5H11N. The van der Waals surface area contributed by atoms with Crippen LogP contribution in [0.25, 0.3) is 0 Å². The molecule has 0 aromatic rings. The number of rotatable bonds is 1. The molecular weight excluding hydrogens is 74.1 g/mol. The summed E-state index contributed by atoms with van der Waals surface area (Å²) in [6, 6.07) is 0. The Bertz CT molecular complexity index is 55.0. The third-order valence-corrected chi connectivity index (χ3v) is 0.815. The summed E-state index contributed by atoms with van der Waals surface area (Å²) < 4.78 is 0. The van der Waals surface area contributed by atoms with E-state index in [1.807, 2.05) is 19.9 Å². The number of hydrogen-bond acceptors (Lipinski definition) is 1. The van der Waals surface area contributed by atoms with Gasteiger partial charge in [0.05, 0.1) is 0 Å². The van der Waals surface area contributed by atoms with Gasteiger partial charge in [0.2, 0.25) is 0 Å². The summed E-state index contributed by atoms with van der Waals surface area (Å²) >= 11 is 0. The second-order valence-corrected chi connectivity index (χ2v) is 1.34. The Hall–Kier alpha value is -0.300. The monoisotopic (exact) mass is 85.1 g/mol. The van der Waals surface area contributed by atoms with E-state index in [0.29, 0.717) is 6.54 Å². The van der Waals surface area contributed by atoms with E-state index in [2.05, 4.69) is 0 Å². The molecule has 0 saturated carbocycles. The van der Waals surface area contributed by atoms with Gasteiger partial charge in [0.25, 0.3) is 0 Å². The van der Waals surface area contributed by atoms with E-state index >= 15 is 0 Å². The molecule has 0 radical (unpaired) electrons. The smallest absolute Gasteiger partial charge is 0.0133 e. The summed E-state index contributed by atoms with van der Waals surface area (Å²) in [5.41, 5.74) is 6.46. The average molecular weight is 85.2 g/mol. The lowest BCUT2D eigenvalue weighted by Gasteiger charge is -1.85. The minimum Gasteiger partial charge on any atom is -0.327 e. The Morgan fingerprint density at radius 3 is 2.33 bits per heavy atom. The normalized spacial score (nSPS) is 12.2. The molecule has 0 unspecified atom stereocenters. The predicted octanol–water partition coefficient (Wildman–Crippen LogP) is 0.911. The van der Waals surface area contributed by atoms with Crippen LogP contribution in [0.5, 0.6) is 0 Å². The standard InChI is InChI=1S/C5H11N/c1-3-5(2)4-6/h3H,4,6H2,1-2H3. The first-order valence-corrected chi connectivity index (χ1v) is 2.13. The quantitative estimate of drug-likeness (QED) is 0.470. The van der Waals surface area contributed by atoms with Crippen molar-refractivity contribution in [1.29, 1.82) is 0 Å². The van der Waals surface area contributed by atoms with Gasteiger partial charge in [0, 0.05) is 6.54 Å². The molecule has 1 heteroatoms. The molecule has 0 fully saturated rings. The lowest BCUT2D eigenvalue weighted by Crippen LogP contribution is -1.98. The molecule has 2 N–H and O–H groups in total. The summed E-state index contributed by atoms with van der Waals surface area (Å²) in [6.07, 6.45) is 2.01. The zero-order valence-corrected chi connectivity index (χ0v) is 4.36. The predicted molar refractivity (Wildman–Crippen MR) is 28.5 cm³/mol. The molecule has 1 nitrogen and oxygen atoms in total. The molecule has 0 aliphatic heterocycles. The molecule has 0 aromatic carbocycles. The lowest BCUT2D eigenvalue weighted by molar-refractivity contribution is 1.13. The maximum atomic E-state index is 5.21. The fourth-order valence-electron chi connectivity index (χ4n) is 0.118. The summed E-state index contributed by atoms with van der Waals surface area (Å²) in [5, 5.41) is 0. The largest absolute Gasteiger partial charge is 0.327 e. The zero-order valence-electron chi connectivity index (χ0n) is 4.36. The Balaban J connectivity index is 3.22. The van der Waals surface area contributed by atoms with Gasteiger partial charge in [-0.2, -0.15) is 0 Å². The molecule has 0 amide bonds. The van der Waals surface area contributed by atoms with E-state index in [4.69, 9.17) is 5.73 Å². The fourth-order valence-corrected chi connectivity index (χ4v) is 0.118. The Labute approximate surface area is 38.8 Å². The lowest BCUT2D eigenvalue weighted by atomic mass is 10.3. The van der Waals surface area contributed by atoms with Crippen LogP contribution in [0.1, 0.15) is 13.8 Å². The second-order valence-electron chi connectivity index (χ2n) is 1.34. The van der Waals surface area contributed by atoms with Crippen LogP contribution in [0, 0.1) is 0 Å². The van der Waals surface area contributed by atoms with E-state index in [9.17, 15) is 0 Å². The third-order valence-electron chi connectivity index (χ3n) is 0.815. The molecule has 0 rings (SSSR count). The first-order chi connectivity index (χ1) is 2.81. The molecule has 0 saturated heterocycles.